The second-order valence-electron chi connectivity index (χ2n) is 7.40. The molecule has 0 spiro atoms. The van der Waals surface area contributed by atoms with E-state index in [2.05, 4.69) is 15.6 Å². The molecule has 1 aliphatic carbocycles. The Balaban J connectivity index is 0.00000341. The molecule has 0 saturated heterocycles. The summed E-state index contributed by atoms with van der Waals surface area (Å²) in [4.78, 5) is 4.31. The van der Waals surface area contributed by atoms with E-state index >= 15 is 0 Å². The summed E-state index contributed by atoms with van der Waals surface area (Å²) in [7, 11) is 6.62. The maximum atomic E-state index is 13.6. The highest BCUT2D eigenvalue weighted by Gasteiger charge is 2.44. The van der Waals surface area contributed by atoms with Gasteiger partial charge in [0.05, 0.1) is 21.3 Å². The van der Waals surface area contributed by atoms with Crippen LogP contribution in [-0.2, 0) is 11.8 Å². The first-order valence-corrected chi connectivity index (χ1v) is 10.0. The van der Waals surface area contributed by atoms with Gasteiger partial charge in [-0.05, 0) is 37.0 Å². The Bertz CT molecular complexity index is 878. The van der Waals surface area contributed by atoms with Crippen LogP contribution < -0.4 is 24.8 Å². The predicted octanol–water partition coefficient (Wildman–Crippen LogP) is 3.91. The van der Waals surface area contributed by atoms with E-state index in [9.17, 15) is 4.39 Å². The summed E-state index contributed by atoms with van der Waals surface area (Å²) in [6.07, 6.45) is 2.77. The van der Waals surface area contributed by atoms with Crippen molar-refractivity contribution in [3.8, 4) is 17.2 Å². The largest absolute Gasteiger partial charge is 0.496 e. The molecule has 0 heterocycles. The summed E-state index contributed by atoms with van der Waals surface area (Å²) < 4.78 is 29.9. The number of methoxy groups -OCH3 is 3. The van der Waals surface area contributed by atoms with E-state index < -0.39 is 0 Å². The number of hydrogen-bond donors (Lipinski definition) is 2. The lowest BCUT2D eigenvalue weighted by atomic mass is 9.96. The molecule has 3 rings (SSSR count). The smallest absolute Gasteiger partial charge is 0.191 e. The number of benzene rings is 2. The zero-order chi connectivity index (χ0) is 21.6. The molecule has 170 valence electrons. The number of hydrogen-bond acceptors (Lipinski definition) is 4. The first-order chi connectivity index (χ1) is 14.5. The monoisotopic (exact) mass is 543 g/mol. The minimum Gasteiger partial charge on any atom is -0.496 e. The van der Waals surface area contributed by atoms with Crippen molar-refractivity contribution in [2.75, 3.05) is 41.5 Å². The molecular formula is C23H31FIN3O3. The number of nitrogens with zero attached hydrogens (tertiary/aromatic N) is 1. The van der Waals surface area contributed by atoms with Crippen LogP contribution in [0.15, 0.2) is 41.4 Å². The van der Waals surface area contributed by atoms with Gasteiger partial charge >= 0.3 is 0 Å². The number of halogens is 2. The molecule has 0 amide bonds. The van der Waals surface area contributed by atoms with Crippen molar-refractivity contribution in [1.82, 2.24) is 10.6 Å². The minimum absolute atomic E-state index is 0. The Morgan fingerprint density at radius 1 is 1.03 bits per heavy atom. The van der Waals surface area contributed by atoms with Gasteiger partial charge < -0.3 is 24.8 Å². The Morgan fingerprint density at radius 3 is 2.23 bits per heavy atom. The van der Waals surface area contributed by atoms with E-state index in [1.54, 1.807) is 40.5 Å². The van der Waals surface area contributed by atoms with Gasteiger partial charge in [-0.15, -0.1) is 24.0 Å². The molecule has 1 fully saturated rings. The zero-order valence-electron chi connectivity index (χ0n) is 18.5. The lowest BCUT2D eigenvalue weighted by Gasteiger charge is -2.20. The van der Waals surface area contributed by atoms with Crippen LogP contribution in [0.3, 0.4) is 0 Å². The van der Waals surface area contributed by atoms with Crippen LogP contribution in [0.2, 0.25) is 0 Å². The highest BCUT2D eigenvalue weighted by Crippen LogP contribution is 2.47. The summed E-state index contributed by atoms with van der Waals surface area (Å²) in [6.45, 7) is 1.36. The van der Waals surface area contributed by atoms with E-state index in [-0.39, 0.29) is 35.2 Å². The van der Waals surface area contributed by atoms with Crippen molar-refractivity contribution < 1.29 is 18.6 Å². The summed E-state index contributed by atoms with van der Waals surface area (Å²) in [5.74, 6) is 2.65. The average molecular weight is 543 g/mol. The molecular weight excluding hydrogens is 512 g/mol. The average Bonchev–Trinajstić information content (AvgIpc) is 3.57. The third kappa shape index (κ3) is 6.15. The second kappa shape index (κ2) is 11.4. The fourth-order valence-corrected chi connectivity index (χ4v) is 3.64. The molecule has 2 aromatic rings. The Hall–Kier alpha value is -2.23. The standard InChI is InChI=1S/C23H30FN3O3.HI/c1-25-22(27-15-23(9-10-23)16-6-5-7-17(24)12-16)26-11-8-19-20(29-3)13-18(28-2)14-21(19)30-4;/h5-7,12-14H,8-11,15H2,1-4H3,(H2,25,26,27);1H. The molecule has 0 radical (unpaired) electrons. The highest BCUT2D eigenvalue weighted by atomic mass is 127. The van der Waals surface area contributed by atoms with Crippen LogP contribution in [0, 0.1) is 5.82 Å². The van der Waals surface area contributed by atoms with E-state index in [4.69, 9.17) is 14.2 Å². The first kappa shape index (κ1) is 25.0. The first-order valence-electron chi connectivity index (χ1n) is 10.0. The second-order valence-corrected chi connectivity index (χ2v) is 7.40. The fourth-order valence-electron chi connectivity index (χ4n) is 3.64. The van der Waals surface area contributed by atoms with Crippen LogP contribution in [0.1, 0.15) is 24.0 Å². The maximum Gasteiger partial charge on any atom is 0.191 e. The number of nitrogens with one attached hydrogen (secondary N) is 2. The van der Waals surface area contributed by atoms with Crippen molar-refractivity contribution in [2.45, 2.75) is 24.7 Å². The molecule has 0 aliphatic heterocycles. The SMILES string of the molecule is CN=C(NCCc1c(OC)cc(OC)cc1OC)NCC1(c2cccc(F)c2)CC1.I. The van der Waals surface area contributed by atoms with E-state index in [0.29, 0.717) is 31.2 Å². The molecule has 2 N–H and O–H groups in total. The summed E-state index contributed by atoms with van der Waals surface area (Å²) in [5.41, 5.74) is 1.99. The molecule has 0 aromatic heterocycles. The quantitative estimate of drug-likeness (QED) is 0.286. The lowest BCUT2D eigenvalue weighted by molar-refractivity contribution is 0.368. The van der Waals surface area contributed by atoms with Crippen LogP contribution in [0.25, 0.3) is 0 Å². The van der Waals surface area contributed by atoms with Crippen molar-refractivity contribution in [3.63, 3.8) is 0 Å². The van der Waals surface area contributed by atoms with Gasteiger partial charge in [0.1, 0.15) is 23.1 Å². The minimum atomic E-state index is -0.191. The van der Waals surface area contributed by atoms with Crippen LogP contribution in [-0.4, -0.2) is 47.4 Å². The van der Waals surface area contributed by atoms with E-state index in [1.165, 1.54) is 6.07 Å². The molecule has 2 aromatic carbocycles. The third-order valence-corrected chi connectivity index (χ3v) is 5.59. The number of ether oxygens (including phenoxy) is 3. The lowest BCUT2D eigenvalue weighted by Crippen LogP contribution is -2.42. The Morgan fingerprint density at radius 2 is 1.71 bits per heavy atom. The molecule has 1 aliphatic rings. The summed E-state index contributed by atoms with van der Waals surface area (Å²) >= 11 is 0. The van der Waals surface area contributed by atoms with Gasteiger partial charge in [0.25, 0.3) is 0 Å². The van der Waals surface area contributed by atoms with Gasteiger partial charge in [0.15, 0.2) is 5.96 Å². The molecule has 0 bridgehead atoms. The zero-order valence-corrected chi connectivity index (χ0v) is 20.8. The third-order valence-electron chi connectivity index (χ3n) is 5.59. The van der Waals surface area contributed by atoms with Gasteiger partial charge in [-0.2, -0.15) is 0 Å². The highest BCUT2D eigenvalue weighted by molar-refractivity contribution is 14.0. The van der Waals surface area contributed by atoms with Gasteiger partial charge in [-0.3, -0.25) is 4.99 Å². The number of aliphatic imine (C=N–C) groups is 1. The van der Waals surface area contributed by atoms with Crippen LogP contribution in [0.5, 0.6) is 17.2 Å². The van der Waals surface area contributed by atoms with Crippen molar-refractivity contribution in [2.24, 2.45) is 4.99 Å². The van der Waals surface area contributed by atoms with Gasteiger partial charge in [0, 0.05) is 43.2 Å². The molecule has 6 nitrogen and oxygen atoms in total. The molecule has 0 unspecified atom stereocenters. The van der Waals surface area contributed by atoms with Crippen LogP contribution >= 0.6 is 24.0 Å². The fraction of sp³-hybridized carbons (Fsp3) is 0.435. The van der Waals surface area contributed by atoms with E-state index in [0.717, 1.165) is 35.5 Å². The van der Waals surface area contributed by atoms with Crippen LogP contribution in [0.4, 0.5) is 4.39 Å². The van der Waals surface area contributed by atoms with Crippen molar-refractivity contribution in [1.29, 1.82) is 0 Å². The summed E-state index contributed by atoms with van der Waals surface area (Å²) in [5, 5.41) is 6.72. The number of guanidine groups is 1. The van der Waals surface area contributed by atoms with Crippen molar-refractivity contribution in [3.05, 3.63) is 53.3 Å². The molecule has 0 atom stereocenters. The van der Waals surface area contributed by atoms with E-state index in [1.807, 2.05) is 18.2 Å². The van der Waals surface area contributed by atoms with Gasteiger partial charge in [-0.25, -0.2) is 4.39 Å². The topological polar surface area (TPSA) is 64.1 Å². The normalized spacial score (nSPS) is 14.3. The molecule has 8 heteroatoms. The van der Waals surface area contributed by atoms with Gasteiger partial charge in [0.2, 0.25) is 0 Å². The predicted molar refractivity (Wildman–Crippen MR) is 132 cm³/mol. The van der Waals surface area contributed by atoms with Crippen molar-refractivity contribution >= 4 is 29.9 Å². The molecule has 1 saturated carbocycles. The Labute approximate surface area is 200 Å². The maximum absolute atomic E-state index is 13.6. The summed E-state index contributed by atoms with van der Waals surface area (Å²) in [6, 6.07) is 10.6. The molecule has 31 heavy (non-hydrogen) atoms. The Kier molecular flexibility index (Phi) is 9.21. The van der Waals surface area contributed by atoms with Gasteiger partial charge in [-0.1, -0.05) is 12.1 Å². The number of rotatable bonds is 9.